The number of piperidine rings is 1. The summed E-state index contributed by atoms with van der Waals surface area (Å²) in [5.41, 5.74) is 1.52. The Morgan fingerprint density at radius 1 is 0.919 bits per heavy atom. The van der Waals surface area contributed by atoms with E-state index in [2.05, 4.69) is 5.32 Å². The van der Waals surface area contributed by atoms with Gasteiger partial charge in [-0.3, -0.25) is 4.79 Å². The standard InChI is InChI=1S/C25H33N3O7S2/c1-19-17-23(7-8-24(19)34-2)37(32,33)27-11-9-21(10-12-27)25(29)26-18-20-3-5-22(6-4-20)36(30,31)28-13-15-35-16-14-28/h3-8,17,21H,9-16,18H2,1-2H3,(H,26,29). The predicted molar refractivity (Wildman–Crippen MR) is 137 cm³/mol. The molecule has 2 heterocycles. The maximum absolute atomic E-state index is 13.1. The Bertz CT molecular complexity index is 1310. The van der Waals surface area contributed by atoms with Gasteiger partial charge in [-0.15, -0.1) is 0 Å². The Morgan fingerprint density at radius 2 is 1.49 bits per heavy atom. The second kappa shape index (κ2) is 11.5. The minimum Gasteiger partial charge on any atom is -0.496 e. The highest BCUT2D eigenvalue weighted by atomic mass is 32.2. The highest BCUT2D eigenvalue weighted by Crippen LogP contribution is 2.27. The van der Waals surface area contributed by atoms with Gasteiger partial charge in [0.25, 0.3) is 0 Å². The fraction of sp³-hybridized carbons (Fsp3) is 0.480. The first kappa shape index (κ1) is 27.5. The molecule has 2 aromatic rings. The molecule has 1 N–H and O–H groups in total. The number of methoxy groups -OCH3 is 1. The van der Waals surface area contributed by atoms with Crippen LogP contribution in [0.25, 0.3) is 0 Å². The molecule has 0 bridgehead atoms. The van der Waals surface area contributed by atoms with Gasteiger partial charge in [0.1, 0.15) is 5.75 Å². The van der Waals surface area contributed by atoms with Crippen LogP contribution in [0.4, 0.5) is 0 Å². The zero-order valence-corrected chi connectivity index (χ0v) is 22.7. The number of hydrogen-bond donors (Lipinski definition) is 1. The third-order valence-corrected chi connectivity index (χ3v) is 10.6. The van der Waals surface area contributed by atoms with Gasteiger partial charge in [-0.25, -0.2) is 16.8 Å². The van der Waals surface area contributed by atoms with Crippen LogP contribution in [0, 0.1) is 12.8 Å². The third kappa shape index (κ3) is 6.15. The smallest absolute Gasteiger partial charge is 0.243 e. The predicted octanol–water partition coefficient (Wildman–Crippen LogP) is 1.74. The van der Waals surface area contributed by atoms with Crippen LogP contribution in [0.2, 0.25) is 0 Å². The van der Waals surface area contributed by atoms with Crippen molar-refractivity contribution in [2.75, 3.05) is 46.5 Å². The summed E-state index contributed by atoms with van der Waals surface area (Å²) in [6.07, 6.45) is 0.855. The van der Waals surface area contributed by atoms with Crippen molar-refractivity contribution in [3.05, 3.63) is 53.6 Å². The van der Waals surface area contributed by atoms with Gasteiger partial charge in [-0.2, -0.15) is 8.61 Å². The zero-order chi connectivity index (χ0) is 26.6. The van der Waals surface area contributed by atoms with Gasteiger partial charge in [-0.05, 0) is 61.2 Å². The van der Waals surface area contributed by atoms with Crippen molar-refractivity contribution in [1.82, 2.24) is 13.9 Å². The topological polar surface area (TPSA) is 122 Å². The van der Waals surface area contributed by atoms with E-state index in [0.717, 1.165) is 11.1 Å². The normalized spacial score (nSPS) is 18.4. The van der Waals surface area contributed by atoms with E-state index in [4.69, 9.17) is 9.47 Å². The molecule has 2 aliphatic rings. The molecule has 0 radical (unpaired) electrons. The quantitative estimate of drug-likeness (QED) is 0.530. The van der Waals surface area contributed by atoms with Crippen molar-refractivity contribution >= 4 is 26.0 Å². The van der Waals surface area contributed by atoms with E-state index in [1.54, 1.807) is 50.4 Å². The van der Waals surface area contributed by atoms with Crippen LogP contribution in [-0.2, 0) is 36.1 Å². The number of rotatable bonds is 8. The molecule has 0 saturated carbocycles. The number of ether oxygens (including phenoxy) is 2. The van der Waals surface area contributed by atoms with Gasteiger partial charge in [0, 0.05) is 38.6 Å². The molecule has 12 heteroatoms. The van der Waals surface area contributed by atoms with Crippen LogP contribution in [-0.4, -0.2) is 77.9 Å². The SMILES string of the molecule is COc1ccc(S(=O)(=O)N2CCC(C(=O)NCc3ccc(S(=O)(=O)N4CCOCC4)cc3)CC2)cc1C. The van der Waals surface area contributed by atoms with E-state index >= 15 is 0 Å². The van der Waals surface area contributed by atoms with Crippen LogP contribution in [0.3, 0.4) is 0 Å². The second-order valence-corrected chi connectivity index (χ2v) is 13.1. The summed E-state index contributed by atoms with van der Waals surface area (Å²) >= 11 is 0. The molecule has 2 fully saturated rings. The largest absolute Gasteiger partial charge is 0.496 e. The summed E-state index contributed by atoms with van der Waals surface area (Å²) in [5, 5.41) is 2.90. The maximum atomic E-state index is 13.1. The monoisotopic (exact) mass is 551 g/mol. The molecule has 0 aliphatic carbocycles. The number of aryl methyl sites for hydroxylation is 1. The number of nitrogens with zero attached hydrogens (tertiary/aromatic N) is 2. The molecule has 0 aromatic heterocycles. The number of sulfonamides is 2. The Balaban J connectivity index is 1.29. The van der Waals surface area contributed by atoms with Crippen molar-refractivity contribution in [2.24, 2.45) is 5.92 Å². The fourth-order valence-electron chi connectivity index (χ4n) is 4.57. The Morgan fingerprint density at radius 3 is 2.08 bits per heavy atom. The molecule has 0 unspecified atom stereocenters. The van der Waals surface area contributed by atoms with Gasteiger partial charge >= 0.3 is 0 Å². The number of hydrogen-bond acceptors (Lipinski definition) is 7. The molecular formula is C25H33N3O7S2. The van der Waals surface area contributed by atoms with E-state index in [0.29, 0.717) is 44.9 Å². The van der Waals surface area contributed by atoms with Crippen molar-refractivity contribution < 1.29 is 31.1 Å². The van der Waals surface area contributed by atoms with Gasteiger partial charge in [0.2, 0.25) is 26.0 Å². The lowest BCUT2D eigenvalue weighted by molar-refractivity contribution is -0.126. The highest BCUT2D eigenvalue weighted by molar-refractivity contribution is 7.89. The molecule has 202 valence electrons. The highest BCUT2D eigenvalue weighted by Gasteiger charge is 2.32. The van der Waals surface area contributed by atoms with Crippen molar-refractivity contribution in [2.45, 2.75) is 36.1 Å². The summed E-state index contributed by atoms with van der Waals surface area (Å²) in [7, 11) is -5.68. The van der Waals surface area contributed by atoms with E-state index < -0.39 is 20.0 Å². The third-order valence-electron chi connectivity index (χ3n) is 6.83. The number of morpholine rings is 1. The Hall–Kier alpha value is -2.51. The minimum atomic E-state index is -3.65. The number of carbonyl (C=O) groups excluding carboxylic acids is 1. The lowest BCUT2D eigenvalue weighted by Crippen LogP contribution is -2.42. The van der Waals surface area contributed by atoms with Crippen LogP contribution in [0.15, 0.2) is 52.3 Å². The van der Waals surface area contributed by atoms with Crippen LogP contribution < -0.4 is 10.1 Å². The summed E-state index contributed by atoms with van der Waals surface area (Å²) in [5.74, 6) is 0.204. The number of benzene rings is 2. The maximum Gasteiger partial charge on any atom is 0.243 e. The van der Waals surface area contributed by atoms with Crippen LogP contribution in [0.1, 0.15) is 24.0 Å². The van der Waals surface area contributed by atoms with Gasteiger partial charge < -0.3 is 14.8 Å². The molecular weight excluding hydrogens is 518 g/mol. The van der Waals surface area contributed by atoms with Crippen molar-refractivity contribution in [1.29, 1.82) is 0 Å². The Kier molecular flexibility index (Phi) is 8.54. The number of amides is 1. The summed E-state index contributed by atoms with van der Waals surface area (Å²) in [4.78, 5) is 13.2. The summed E-state index contributed by atoms with van der Waals surface area (Å²) in [6, 6.07) is 11.3. The van der Waals surface area contributed by atoms with Crippen LogP contribution >= 0.6 is 0 Å². The molecule has 2 aliphatic heterocycles. The average Bonchev–Trinajstić information content (AvgIpc) is 2.92. The van der Waals surface area contributed by atoms with Gasteiger partial charge in [0.05, 0.1) is 30.1 Å². The number of nitrogens with one attached hydrogen (secondary N) is 1. The minimum absolute atomic E-state index is 0.137. The average molecular weight is 552 g/mol. The summed E-state index contributed by atoms with van der Waals surface area (Å²) in [6.45, 7) is 4.02. The van der Waals surface area contributed by atoms with E-state index in [1.807, 2.05) is 0 Å². The molecule has 2 saturated heterocycles. The molecule has 0 atom stereocenters. The second-order valence-electron chi connectivity index (χ2n) is 9.19. The molecule has 0 spiro atoms. The lowest BCUT2D eigenvalue weighted by Gasteiger charge is -2.30. The van der Waals surface area contributed by atoms with E-state index in [9.17, 15) is 21.6 Å². The van der Waals surface area contributed by atoms with E-state index in [1.165, 1.54) is 14.7 Å². The first-order valence-corrected chi connectivity index (χ1v) is 15.1. The van der Waals surface area contributed by atoms with Gasteiger partial charge in [0.15, 0.2) is 0 Å². The number of carbonyl (C=O) groups is 1. The van der Waals surface area contributed by atoms with Crippen LogP contribution in [0.5, 0.6) is 5.75 Å². The van der Waals surface area contributed by atoms with Crippen molar-refractivity contribution in [3.8, 4) is 5.75 Å². The first-order valence-electron chi connectivity index (χ1n) is 12.2. The lowest BCUT2D eigenvalue weighted by atomic mass is 9.97. The van der Waals surface area contributed by atoms with Crippen molar-refractivity contribution in [3.63, 3.8) is 0 Å². The molecule has 10 nitrogen and oxygen atoms in total. The molecule has 4 rings (SSSR count). The molecule has 2 aromatic carbocycles. The summed E-state index contributed by atoms with van der Waals surface area (Å²) < 4.78 is 64.9. The Labute approximate surface area is 218 Å². The first-order chi connectivity index (χ1) is 17.6. The van der Waals surface area contributed by atoms with Gasteiger partial charge in [-0.1, -0.05) is 12.1 Å². The zero-order valence-electron chi connectivity index (χ0n) is 21.1. The van der Waals surface area contributed by atoms with E-state index in [-0.39, 0.29) is 41.3 Å². The molecule has 1 amide bonds. The molecule has 37 heavy (non-hydrogen) atoms. The fourth-order valence-corrected chi connectivity index (χ4v) is 7.53.